The molecule has 82 valence electrons. The third kappa shape index (κ3) is 1.71. The van der Waals surface area contributed by atoms with Crippen molar-refractivity contribution in [3.8, 4) is 11.3 Å². The molecule has 0 aliphatic carbocycles. The van der Waals surface area contributed by atoms with Crippen LogP contribution in [0.1, 0.15) is 10.5 Å². The molecule has 16 heavy (non-hydrogen) atoms. The Morgan fingerprint density at radius 2 is 2.31 bits per heavy atom. The fourth-order valence-electron chi connectivity index (χ4n) is 1.42. The third-order valence-corrected chi connectivity index (χ3v) is 2.88. The molecule has 0 aromatic carbocycles. The number of rotatable bonds is 2. The average Bonchev–Trinajstić information content (AvgIpc) is 2.55. The second-order valence-corrected chi connectivity index (χ2v) is 3.97. The van der Waals surface area contributed by atoms with Crippen molar-refractivity contribution >= 4 is 21.9 Å². The maximum atomic E-state index is 11.0. The van der Waals surface area contributed by atoms with E-state index in [4.69, 9.17) is 5.11 Å². The number of aromatic nitrogens is 3. The van der Waals surface area contributed by atoms with E-state index in [2.05, 4.69) is 26.0 Å². The zero-order chi connectivity index (χ0) is 11.7. The van der Waals surface area contributed by atoms with E-state index in [1.807, 2.05) is 6.07 Å². The molecule has 2 aromatic rings. The van der Waals surface area contributed by atoms with Gasteiger partial charge in [-0.2, -0.15) is 5.10 Å². The van der Waals surface area contributed by atoms with Crippen molar-refractivity contribution in [3.63, 3.8) is 0 Å². The number of nitrogens with zero attached hydrogens (tertiary/aromatic N) is 3. The summed E-state index contributed by atoms with van der Waals surface area (Å²) >= 11 is 3.25. The van der Waals surface area contributed by atoms with Gasteiger partial charge < -0.3 is 5.11 Å². The number of aryl methyl sites for hydroxylation is 1. The Morgan fingerprint density at radius 1 is 1.56 bits per heavy atom. The van der Waals surface area contributed by atoms with Crippen molar-refractivity contribution in [1.82, 2.24) is 14.8 Å². The molecular formula is C10H8BrN3O2. The third-order valence-electron chi connectivity index (χ3n) is 2.13. The summed E-state index contributed by atoms with van der Waals surface area (Å²) < 4.78 is 1.80. The Morgan fingerprint density at radius 3 is 2.81 bits per heavy atom. The van der Waals surface area contributed by atoms with Crippen LogP contribution in [0.4, 0.5) is 0 Å². The standard InChI is InChI=1S/C10H8BrN3O2/c1-14-9(10(15)16)7(11)8(13-14)6-3-2-4-12-5-6/h2-5H,1H3,(H,15,16). The minimum atomic E-state index is -1.02. The molecule has 0 saturated heterocycles. The largest absolute Gasteiger partial charge is 0.476 e. The van der Waals surface area contributed by atoms with Crippen LogP contribution in [0.15, 0.2) is 29.0 Å². The predicted molar refractivity (Wildman–Crippen MR) is 61.1 cm³/mol. The molecule has 0 amide bonds. The Hall–Kier alpha value is -1.69. The van der Waals surface area contributed by atoms with Crippen LogP contribution in [0, 0.1) is 0 Å². The first-order chi connectivity index (χ1) is 7.61. The number of hydrogen-bond acceptors (Lipinski definition) is 3. The lowest BCUT2D eigenvalue weighted by atomic mass is 10.2. The quantitative estimate of drug-likeness (QED) is 0.914. The zero-order valence-electron chi connectivity index (χ0n) is 8.38. The Balaban J connectivity index is 2.61. The van der Waals surface area contributed by atoms with E-state index in [1.54, 1.807) is 25.5 Å². The van der Waals surface area contributed by atoms with Crippen molar-refractivity contribution < 1.29 is 9.90 Å². The number of carboxylic acids is 1. The molecule has 2 aromatic heterocycles. The monoisotopic (exact) mass is 281 g/mol. The highest BCUT2D eigenvalue weighted by molar-refractivity contribution is 9.10. The van der Waals surface area contributed by atoms with Crippen LogP contribution in [0.5, 0.6) is 0 Å². The van der Waals surface area contributed by atoms with E-state index in [-0.39, 0.29) is 5.69 Å². The number of hydrogen-bond donors (Lipinski definition) is 1. The van der Waals surface area contributed by atoms with Crippen LogP contribution in [0.25, 0.3) is 11.3 Å². The second-order valence-electron chi connectivity index (χ2n) is 3.18. The summed E-state index contributed by atoms with van der Waals surface area (Å²) in [4.78, 5) is 14.9. The van der Waals surface area contributed by atoms with Gasteiger partial charge in [0.25, 0.3) is 0 Å². The second kappa shape index (κ2) is 4.05. The minimum Gasteiger partial charge on any atom is -0.476 e. The number of halogens is 1. The number of pyridine rings is 1. The molecule has 0 atom stereocenters. The molecule has 5 nitrogen and oxygen atoms in total. The molecule has 2 heterocycles. The Kier molecular flexibility index (Phi) is 2.74. The molecule has 0 radical (unpaired) electrons. The van der Waals surface area contributed by atoms with Gasteiger partial charge in [-0.15, -0.1) is 0 Å². The molecule has 0 bridgehead atoms. The summed E-state index contributed by atoms with van der Waals surface area (Å²) in [6, 6.07) is 3.60. The first-order valence-corrected chi connectivity index (χ1v) is 5.26. The van der Waals surface area contributed by atoms with E-state index in [0.29, 0.717) is 10.2 Å². The van der Waals surface area contributed by atoms with Crippen molar-refractivity contribution in [3.05, 3.63) is 34.7 Å². The molecule has 0 unspecified atom stereocenters. The smallest absolute Gasteiger partial charge is 0.355 e. The van der Waals surface area contributed by atoms with E-state index < -0.39 is 5.97 Å². The number of carboxylic acid groups (broad SMARTS) is 1. The molecule has 6 heteroatoms. The first kappa shape index (κ1) is 10.8. The normalized spacial score (nSPS) is 10.4. The van der Waals surface area contributed by atoms with Crippen LogP contribution in [-0.2, 0) is 7.05 Å². The van der Waals surface area contributed by atoms with Gasteiger partial charge in [0.15, 0.2) is 5.69 Å². The van der Waals surface area contributed by atoms with Crippen molar-refractivity contribution in [1.29, 1.82) is 0 Å². The molecule has 1 N–H and O–H groups in total. The number of carbonyl (C=O) groups is 1. The maximum Gasteiger partial charge on any atom is 0.355 e. The fourth-order valence-corrected chi connectivity index (χ4v) is 2.15. The maximum absolute atomic E-state index is 11.0. The van der Waals surface area contributed by atoms with Gasteiger partial charge in [-0.1, -0.05) is 0 Å². The van der Waals surface area contributed by atoms with E-state index >= 15 is 0 Å². The summed E-state index contributed by atoms with van der Waals surface area (Å²) in [5, 5.41) is 13.2. The predicted octanol–water partition coefficient (Wildman–Crippen LogP) is 1.94. The molecule has 2 rings (SSSR count). The van der Waals surface area contributed by atoms with Crippen LogP contribution in [0.2, 0.25) is 0 Å². The van der Waals surface area contributed by atoms with Gasteiger partial charge in [0, 0.05) is 25.0 Å². The fraction of sp³-hybridized carbons (Fsp3) is 0.100. The topological polar surface area (TPSA) is 68.0 Å². The first-order valence-electron chi connectivity index (χ1n) is 4.47. The summed E-state index contributed by atoms with van der Waals surface area (Å²) in [5.41, 5.74) is 1.48. The van der Waals surface area contributed by atoms with Crippen molar-refractivity contribution in [2.45, 2.75) is 0 Å². The van der Waals surface area contributed by atoms with Crippen LogP contribution >= 0.6 is 15.9 Å². The summed E-state index contributed by atoms with van der Waals surface area (Å²) in [5.74, 6) is -1.02. The lowest BCUT2D eigenvalue weighted by molar-refractivity contribution is 0.0684. The van der Waals surface area contributed by atoms with Gasteiger partial charge in [0.1, 0.15) is 5.69 Å². The molecule has 0 spiro atoms. The van der Waals surface area contributed by atoms with Gasteiger partial charge in [-0.25, -0.2) is 4.79 Å². The Bertz CT molecular complexity index is 536. The summed E-state index contributed by atoms with van der Waals surface area (Å²) in [7, 11) is 1.59. The van der Waals surface area contributed by atoms with Crippen LogP contribution in [-0.4, -0.2) is 25.8 Å². The highest BCUT2D eigenvalue weighted by Crippen LogP contribution is 2.29. The lowest BCUT2D eigenvalue weighted by Gasteiger charge is -1.95. The molecule has 0 fully saturated rings. The highest BCUT2D eigenvalue weighted by Gasteiger charge is 2.20. The van der Waals surface area contributed by atoms with Crippen LogP contribution in [0.3, 0.4) is 0 Å². The summed E-state index contributed by atoms with van der Waals surface area (Å²) in [6.07, 6.45) is 3.29. The van der Waals surface area contributed by atoms with Crippen molar-refractivity contribution in [2.24, 2.45) is 7.05 Å². The molecular weight excluding hydrogens is 274 g/mol. The van der Waals surface area contributed by atoms with E-state index in [1.165, 1.54) is 4.68 Å². The van der Waals surface area contributed by atoms with E-state index in [9.17, 15) is 4.79 Å². The van der Waals surface area contributed by atoms with Gasteiger partial charge in [0.2, 0.25) is 0 Å². The van der Waals surface area contributed by atoms with E-state index in [0.717, 1.165) is 5.56 Å². The molecule has 0 aliphatic heterocycles. The average molecular weight is 282 g/mol. The van der Waals surface area contributed by atoms with Gasteiger partial charge in [-0.3, -0.25) is 9.67 Å². The SMILES string of the molecule is Cn1nc(-c2cccnc2)c(Br)c1C(=O)O. The molecule has 0 aliphatic rings. The van der Waals surface area contributed by atoms with Gasteiger partial charge in [0.05, 0.1) is 4.47 Å². The highest BCUT2D eigenvalue weighted by atomic mass is 79.9. The van der Waals surface area contributed by atoms with Gasteiger partial charge in [-0.05, 0) is 28.1 Å². The summed E-state index contributed by atoms with van der Waals surface area (Å²) in [6.45, 7) is 0. The van der Waals surface area contributed by atoms with Crippen molar-refractivity contribution in [2.75, 3.05) is 0 Å². The number of aromatic carboxylic acids is 1. The minimum absolute atomic E-state index is 0.124. The molecule has 0 saturated carbocycles. The lowest BCUT2D eigenvalue weighted by Crippen LogP contribution is -2.05. The Labute approximate surface area is 99.9 Å². The van der Waals surface area contributed by atoms with Gasteiger partial charge >= 0.3 is 5.97 Å². The zero-order valence-corrected chi connectivity index (χ0v) is 9.97. The van der Waals surface area contributed by atoms with Crippen LogP contribution < -0.4 is 0 Å².